The molecule has 0 radical (unpaired) electrons. The van der Waals surface area contributed by atoms with Gasteiger partial charge in [-0.1, -0.05) is 0 Å². The number of carboxylic acids is 1. The second-order valence-corrected chi connectivity index (χ2v) is 3.75. The van der Waals surface area contributed by atoms with E-state index in [2.05, 4.69) is 5.32 Å². The van der Waals surface area contributed by atoms with Crippen LogP contribution < -0.4 is 5.32 Å². The topological polar surface area (TPSA) is 69.6 Å². The summed E-state index contributed by atoms with van der Waals surface area (Å²) in [6, 6.07) is 0. The quantitative estimate of drug-likeness (QED) is 0.654. The van der Waals surface area contributed by atoms with Crippen molar-refractivity contribution in [1.29, 1.82) is 0 Å². The van der Waals surface area contributed by atoms with Gasteiger partial charge in [0.25, 0.3) is 0 Å². The molecular weight excluding hydrogens is 184 g/mol. The molecule has 0 saturated heterocycles. The lowest BCUT2D eigenvalue weighted by Gasteiger charge is -2.28. The number of aliphatic carboxylic acids is 1. The summed E-state index contributed by atoms with van der Waals surface area (Å²) >= 11 is 0. The van der Waals surface area contributed by atoms with Crippen LogP contribution in [0, 0.1) is 0 Å². The van der Waals surface area contributed by atoms with Crippen LogP contribution in [-0.4, -0.2) is 48.1 Å². The number of carbonyl (C=O) groups is 2. The summed E-state index contributed by atoms with van der Waals surface area (Å²) in [6.07, 6.45) is -0.0258. The minimum atomic E-state index is -0.896. The Bertz CT molecular complexity index is 226. The van der Waals surface area contributed by atoms with Crippen molar-refractivity contribution in [2.45, 2.75) is 25.8 Å². The molecule has 0 spiro atoms. The predicted molar refractivity (Wildman–Crippen MR) is 53.0 cm³/mol. The summed E-state index contributed by atoms with van der Waals surface area (Å²) in [6.45, 7) is 3.75. The van der Waals surface area contributed by atoms with Gasteiger partial charge in [0.1, 0.15) is 0 Å². The van der Waals surface area contributed by atoms with Crippen LogP contribution in [0.4, 0.5) is 0 Å². The molecule has 0 heterocycles. The fourth-order valence-electron chi connectivity index (χ4n) is 0.949. The molecule has 5 heteroatoms. The molecule has 2 N–H and O–H groups in total. The standard InChI is InChI=1S/C9H18N2O3/c1-9(2,10-3)8(14)11(4)6-5-7(12)13/h10H,5-6H2,1-4H3,(H,12,13). The highest BCUT2D eigenvalue weighted by Crippen LogP contribution is 2.05. The second-order valence-electron chi connectivity index (χ2n) is 3.75. The van der Waals surface area contributed by atoms with Crippen LogP contribution in [-0.2, 0) is 9.59 Å². The average Bonchev–Trinajstić information content (AvgIpc) is 2.12. The third-order valence-corrected chi connectivity index (χ3v) is 2.17. The molecule has 0 aliphatic carbocycles. The molecule has 0 aromatic carbocycles. The van der Waals surface area contributed by atoms with Crippen LogP contribution in [0.3, 0.4) is 0 Å². The summed E-state index contributed by atoms with van der Waals surface area (Å²) in [5, 5.41) is 11.3. The smallest absolute Gasteiger partial charge is 0.305 e. The molecule has 0 saturated carbocycles. The van der Waals surface area contributed by atoms with E-state index < -0.39 is 11.5 Å². The molecule has 82 valence electrons. The molecule has 0 fully saturated rings. The lowest BCUT2D eigenvalue weighted by molar-refractivity contribution is -0.139. The first-order valence-corrected chi connectivity index (χ1v) is 4.47. The molecule has 1 amide bonds. The number of likely N-dealkylation sites (N-methyl/N-ethyl adjacent to an activating group) is 2. The molecule has 0 aromatic rings. The Labute approximate surface area is 84.1 Å². The molecule has 0 unspecified atom stereocenters. The number of nitrogens with zero attached hydrogens (tertiary/aromatic N) is 1. The fraction of sp³-hybridized carbons (Fsp3) is 0.778. The Balaban J connectivity index is 4.19. The lowest BCUT2D eigenvalue weighted by Crippen LogP contribution is -2.51. The highest BCUT2D eigenvalue weighted by molar-refractivity contribution is 5.85. The van der Waals surface area contributed by atoms with E-state index in [4.69, 9.17) is 5.11 Å². The summed E-state index contributed by atoms with van der Waals surface area (Å²) in [5.41, 5.74) is -0.646. The molecule has 0 aliphatic rings. The monoisotopic (exact) mass is 202 g/mol. The Morgan fingerprint density at radius 3 is 2.29 bits per heavy atom. The minimum Gasteiger partial charge on any atom is -0.481 e. The number of carboxylic acid groups (broad SMARTS) is 1. The van der Waals surface area contributed by atoms with E-state index in [0.29, 0.717) is 0 Å². The van der Waals surface area contributed by atoms with Gasteiger partial charge in [0.05, 0.1) is 12.0 Å². The summed E-state index contributed by atoms with van der Waals surface area (Å²) in [7, 11) is 3.30. The third kappa shape index (κ3) is 3.74. The van der Waals surface area contributed by atoms with Gasteiger partial charge in [-0.2, -0.15) is 0 Å². The van der Waals surface area contributed by atoms with Crippen molar-refractivity contribution in [3.8, 4) is 0 Å². The van der Waals surface area contributed by atoms with Crippen molar-refractivity contribution < 1.29 is 14.7 Å². The van der Waals surface area contributed by atoms with Crippen LogP contribution in [0.5, 0.6) is 0 Å². The van der Waals surface area contributed by atoms with E-state index in [-0.39, 0.29) is 18.9 Å². The maximum absolute atomic E-state index is 11.7. The molecule has 0 aromatic heterocycles. The number of amides is 1. The number of hydrogen-bond donors (Lipinski definition) is 2. The van der Waals surface area contributed by atoms with E-state index in [0.717, 1.165) is 0 Å². The van der Waals surface area contributed by atoms with Crippen molar-refractivity contribution in [2.75, 3.05) is 20.6 Å². The van der Waals surface area contributed by atoms with E-state index in [1.165, 1.54) is 4.90 Å². The zero-order valence-electron chi connectivity index (χ0n) is 9.13. The highest BCUT2D eigenvalue weighted by atomic mass is 16.4. The maximum Gasteiger partial charge on any atom is 0.305 e. The van der Waals surface area contributed by atoms with Gasteiger partial charge in [0, 0.05) is 13.6 Å². The number of hydrogen-bond acceptors (Lipinski definition) is 3. The summed E-state index contributed by atoms with van der Waals surface area (Å²) in [5.74, 6) is -1.01. The maximum atomic E-state index is 11.7. The third-order valence-electron chi connectivity index (χ3n) is 2.17. The van der Waals surface area contributed by atoms with Gasteiger partial charge < -0.3 is 15.3 Å². The Kier molecular flexibility index (Phi) is 4.56. The molecule has 0 aliphatic heterocycles. The lowest BCUT2D eigenvalue weighted by atomic mass is 10.0. The average molecular weight is 202 g/mol. The van der Waals surface area contributed by atoms with Gasteiger partial charge in [0.15, 0.2) is 0 Å². The first kappa shape index (κ1) is 12.9. The minimum absolute atomic E-state index is 0.0258. The van der Waals surface area contributed by atoms with Crippen LogP contribution in [0.2, 0.25) is 0 Å². The Morgan fingerprint density at radius 2 is 1.93 bits per heavy atom. The predicted octanol–water partition coefficient (Wildman–Crippen LogP) is -0.0825. The van der Waals surface area contributed by atoms with Crippen LogP contribution in [0.25, 0.3) is 0 Å². The van der Waals surface area contributed by atoms with Crippen molar-refractivity contribution in [2.24, 2.45) is 0 Å². The fourth-order valence-corrected chi connectivity index (χ4v) is 0.949. The molecule has 0 atom stereocenters. The molecule has 0 rings (SSSR count). The molecular formula is C9H18N2O3. The normalized spacial score (nSPS) is 11.1. The van der Waals surface area contributed by atoms with E-state index >= 15 is 0 Å². The van der Waals surface area contributed by atoms with Crippen LogP contribution in [0.1, 0.15) is 20.3 Å². The first-order chi connectivity index (χ1) is 6.31. The zero-order chi connectivity index (χ0) is 11.4. The number of rotatable bonds is 5. The summed E-state index contributed by atoms with van der Waals surface area (Å²) in [4.78, 5) is 23.4. The highest BCUT2D eigenvalue weighted by Gasteiger charge is 2.28. The van der Waals surface area contributed by atoms with Gasteiger partial charge in [-0.05, 0) is 20.9 Å². The van der Waals surface area contributed by atoms with Gasteiger partial charge >= 0.3 is 5.97 Å². The van der Waals surface area contributed by atoms with Crippen molar-refractivity contribution >= 4 is 11.9 Å². The number of carbonyl (C=O) groups excluding carboxylic acids is 1. The van der Waals surface area contributed by atoms with Gasteiger partial charge in [-0.25, -0.2) is 0 Å². The van der Waals surface area contributed by atoms with E-state index in [1.807, 2.05) is 0 Å². The molecule has 5 nitrogen and oxygen atoms in total. The van der Waals surface area contributed by atoms with Gasteiger partial charge in [-0.3, -0.25) is 9.59 Å². The van der Waals surface area contributed by atoms with Crippen LogP contribution >= 0.6 is 0 Å². The largest absolute Gasteiger partial charge is 0.481 e. The van der Waals surface area contributed by atoms with Crippen molar-refractivity contribution in [3.05, 3.63) is 0 Å². The van der Waals surface area contributed by atoms with E-state index in [1.54, 1.807) is 27.9 Å². The Hall–Kier alpha value is -1.10. The number of nitrogens with one attached hydrogen (secondary N) is 1. The SMILES string of the molecule is CNC(C)(C)C(=O)N(C)CCC(=O)O. The zero-order valence-corrected chi connectivity index (χ0v) is 9.13. The van der Waals surface area contributed by atoms with Crippen molar-refractivity contribution in [1.82, 2.24) is 10.2 Å². The van der Waals surface area contributed by atoms with Crippen LogP contribution in [0.15, 0.2) is 0 Å². The van der Waals surface area contributed by atoms with Gasteiger partial charge in [0.2, 0.25) is 5.91 Å². The Morgan fingerprint density at radius 1 is 1.43 bits per heavy atom. The van der Waals surface area contributed by atoms with E-state index in [9.17, 15) is 9.59 Å². The second kappa shape index (κ2) is 4.95. The van der Waals surface area contributed by atoms with Crippen molar-refractivity contribution in [3.63, 3.8) is 0 Å². The molecule has 0 bridgehead atoms. The summed E-state index contributed by atoms with van der Waals surface area (Å²) < 4.78 is 0. The molecule has 14 heavy (non-hydrogen) atoms. The first-order valence-electron chi connectivity index (χ1n) is 4.47. The van der Waals surface area contributed by atoms with Gasteiger partial charge in [-0.15, -0.1) is 0 Å².